The van der Waals surface area contributed by atoms with E-state index in [0.717, 1.165) is 37.6 Å². The molecule has 1 saturated carbocycles. The summed E-state index contributed by atoms with van der Waals surface area (Å²) < 4.78 is 0. The third kappa shape index (κ3) is 5.96. The highest BCUT2D eigenvalue weighted by Crippen LogP contribution is 2.34. The van der Waals surface area contributed by atoms with Crippen LogP contribution in [0, 0.1) is 5.92 Å². The summed E-state index contributed by atoms with van der Waals surface area (Å²) in [6, 6.07) is 1.41. The fraction of sp³-hybridized carbons (Fsp3) is 0.944. The molecule has 1 heterocycles. The molecule has 134 valence electrons. The Morgan fingerprint density at radius 2 is 2.00 bits per heavy atom. The zero-order valence-corrected chi connectivity index (χ0v) is 15.6. The van der Waals surface area contributed by atoms with Crippen LogP contribution in [0.4, 0.5) is 0 Å². The maximum Gasteiger partial charge on any atom is 0.191 e. The zero-order chi connectivity index (χ0) is 16.7. The van der Waals surface area contributed by atoms with Gasteiger partial charge < -0.3 is 15.5 Å². The first-order valence-electron chi connectivity index (χ1n) is 9.50. The maximum atomic E-state index is 4.38. The molecule has 23 heavy (non-hydrogen) atoms. The molecular weight excluding hydrogens is 286 g/mol. The second-order valence-corrected chi connectivity index (χ2v) is 7.34. The van der Waals surface area contributed by atoms with Gasteiger partial charge in [-0.2, -0.15) is 0 Å². The first-order valence-corrected chi connectivity index (χ1v) is 9.50. The van der Waals surface area contributed by atoms with Gasteiger partial charge in [-0.3, -0.25) is 9.89 Å². The number of aliphatic imine (C=N–C) groups is 1. The predicted molar refractivity (Wildman–Crippen MR) is 99.1 cm³/mol. The van der Waals surface area contributed by atoms with Crippen molar-refractivity contribution in [2.24, 2.45) is 10.9 Å². The van der Waals surface area contributed by atoms with Gasteiger partial charge in [0.05, 0.1) is 0 Å². The van der Waals surface area contributed by atoms with E-state index < -0.39 is 0 Å². The molecule has 2 N–H and O–H groups in total. The number of nitrogens with one attached hydrogen (secondary N) is 2. The van der Waals surface area contributed by atoms with Crippen LogP contribution in [0.5, 0.6) is 0 Å². The molecule has 0 spiro atoms. The van der Waals surface area contributed by atoms with Crippen LogP contribution in [-0.2, 0) is 0 Å². The van der Waals surface area contributed by atoms with Crippen LogP contribution in [0.3, 0.4) is 0 Å². The molecular formula is C18H37N5. The van der Waals surface area contributed by atoms with E-state index >= 15 is 0 Å². The predicted octanol–water partition coefficient (Wildman–Crippen LogP) is 1.76. The van der Waals surface area contributed by atoms with E-state index in [1.54, 1.807) is 0 Å². The van der Waals surface area contributed by atoms with Crippen molar-refractivity contribution >= 4 is 5.96 Å². The molecule has 5 nitrogen and oxygen atoms in total. The van der Waals surface area contributed by atoms with Gasteiger partial charge in [0.1, 0.15) is 0 Å². The van der Waals surface area contributed by atoms with Crippen molar-refractivity contribution < 1.29 is 0 Å². The summed E-state index contributed by atoms with van der Waals surface area (Å²) in [6.07, 6.45) is 8.16. The Morgan fingerprint density at radius 3 is 2.61 bits per heavy atom. The van der Waals surface area contributed by atoms with Crippen molar-refractivity contribution in [3.63, 3.8) is 0 Å². The first-order chi connectivity index (χ1) is 11.2. The van der Waals surface area contributed by atoms with Crippen molar-refractivity contribution in [3.8, 4) is 0 Å². The molecule has 0 bridgehead atoms. The number of hydrogen-bond acceptors (Lipinski definition) is 3. The molecule has 0 radical (unpaired) electrons. The maximum absolute atomic E-state index is 4.38. The number of piperidine rings is 1. The van der Waals surface area contributed by atoms with Crippen LogP contribution in [0.2, 0.25) is 0 Å². The highest BCUT2D eigenvalue weighted by atomic mass is 15.2. The van der Waals surface area contributed by atoms with Crippen molar-refractivity contribution in [1.29, 1.82) is 0 Å². The Bertz CT molecular complexity index is 362. The van der Waals surface area contributed by atoms with Crippen molar-refractivity contribution in [3.05, 3.63) is 0 Å². The molecule has 0 aromatic carbocycles. The molecule has 0 amide bonds. The van der Waals surface area contributed by atoms with Crippen molar-refractivity contribution in [2.45, 2.75) is 57.5 Å². The molecule has 5 heteroatoms. The number of nitrogens with zero attached hydrogens (tertiary/aromatic N) is 3. The number of likely N-dealkylation sites (tertiary alicyclic amines) is 1. The molecule has 2 unspecified atom stereocenters. The molecule has 1 aliphatic carbocycles. The van der Waals surface area contributed by atoms with Gasteiger partial charge in [0.25, 0.3) is 0 Å². The highest BCUT2D eigenvalue weighted by molar-refractivity contribution is 5.79. The lowest BCUT2D eigenvalue weighted by Crippen LogP contribution is -2.48. The fourth-order valence-electron chi connectivity index (χ4n) is 3.81. The van der Waals surface area contributed by atoms with E-state index in [2.05, 4.69) is 46.4 Å². The SMILES string of the molecule is CCC1CCCCN1CCNC(=NC)NCC(C1CC1)N(C)C. The average molecular weight is 324 g/mol. The number of guanidine groups is 1. The molecule has 2 atom stereocenters. The van der Waals surface area contributed by atoms with Gasteiger partial charge in [-0.15, -0.1) is 0 Å². The summed E-state index contributed by atoms with van der Waals surface area (Å²) in [5.74, 6) is 1.82. The van der Waals surface area contributed by atoms with E-state index in [9.17, 15) is 0 Å². The molecule has 1 aliphatic heterocycles. The van der Waals surface area contributed by atoms with Crippen LogP contribution in [0.1, 0.15) is 45.4 Å². The monoisotopic (exact) mass is 323 g/mol. The minimum absolute atomic E-state index is 0.625. The summed E-state index contributed by atoms with van der Waals surface area (Å²) in [4.78, 5) is 9.37. The summed E-state index contributed by atoms with van der Waals surface area (Å²) in [5.41, 5.74) is 0. The van der Waals surface area contributed by atoms with E-state index in [1.165, 1.54) is 45.1 Å². The third-order valence-electron chi connectivity index (χ3n) is 5.44. The van der Waals surface area contributed by atoms with E-state index in [4.69, 9.17) is 0 Å². The molecule has 2 rings (SSSR count). The summed E-state index contributed by atoms with van der Waals surface area (Å²) in [6.45, 7) is 6.66. The van der Waals surface area contributed by atoms with Gasteiger partial charge in [-0.25, -0.2) is 0 Å². The molecule has 1 saturated heterocycles. The minimum Gasteiger partial charge on any atom is -0.355 e. The molecule has 2 aliphatic rings. The van der Waals surface area contributed by atoms with Crippen LogP contribution < -0.4 is 10.6 Å². The van der Waals surface area contributed by atoms with Gasteiger partial charge in [0.15, 0.2) is 5.96 Å². The third-order valence-corrected chi connectivity index (χ3v) is 5.44. The summed E-state index contributed by atoms with van der Waals surface area (Å²) >= 11 is 0. The van der Waals surface area contributed by atoms with Crippen LogP contribution in [0.15, 0.2) is 4.99 Å². The lowest BCUT2D eigenvalue weighted by molar-refractivity contribution is 0.147. The Hall–Kier alpha value is -0.810. The average Bonchev–Trinajstić information content (AvgIpc) is 3.38. The zero-order valence-electron chi connectivity index (χ0n) is 15.6. The van der Waals surface area contributed by atoms with Gasteiger partial charge in [0.2, 0.25) is 0 Å². The Kier molecular flexibility index (Phi) is 7.63. The quantitative estimate of drug-likeness (QED) is 0.528. The topological polar surface area (TPSA) is 42.9 Å². The Morgan fingerprint density at radius 1 is 1.22 bits per heavy atom. The minimum atomic E-state index is 0.625. The van der Waals surface area contributed by atoms with E-state index in [-0.39, 0.29) is 0 Å². The van der Waals surface area contributed by atoms with Crippen molar-refractivity contribution in [2.75, 3.05) is 47.3 Å². The largest absolute Gasteiger partial charge is 0.355 e. The lowest BCUT2D eigenvalue weighted by Gasteiger charge is -2.35. The lowest BCUT2D eigenvalue weighted by atomic mass is 10.0. The molecule has 2 fully saturated rings. The van der Waals surface area contributed by atoms with Gasteiger partial charge >= 0.3 is 0 Å². The smallest absolute Gasteiger partial charge is 0.191 e. The molecule has 0 aromatic heterocycles. The van der Waals surface area contributed by atoms with Crippen LogP contribution in [-0.4, -0.2) is 75.2 Å². The second-order valence-electron chi connectivity index (χ2n) is 7.34. The summed E-state index contributed by atoms with van der Waals surface area (Å²) in [5, 5.41) is 7.01. The number of likely N-dealkylation sites (N-methyl/N-ethyl adjacent to an activating group) is 1. The highest BCUT2D eigenvalue weighted by Gasteiger charge is 2.32. The van der Waals surface area contributed by atoms with E-state index in [1.807, 2.05) is 7.05 Å². The standard InChI is InChI=1S/C18H37N5/c1-5-16-8-6-7-12-23(16)13-11-20-18(19-2)21-14-17(22(3)4)15-9-10-15/h15-17H,5-14H2,1-4H3,(H2,19,20,21). The summed E-state index contributed by atoms with van der Waals surface area (Å²) in [7, 11) is 6.23. The van der Waals surface area contributed by atoms with Crippen molar-refractivity contribution in [1.82, 2.24) is 20.4 Å². The molecule has 0 aromatic rings. The van der Waals surface area contributed by atoms with Crippen LogP contribution in [0.25, 0.3) is 0 Å². The fourth-order valence-corrected chi connectivity index (χ4v) is 3.81. The Balaban J connectivity index is 1.68. The van der Waals surface area contributed by atoms with Crippen LogP contribution >= 0.6 is 0 Å². The van der Waals surface area contributed by atoms with Gasteiger partial charge in [-0.05, 0) is 58.7 Å². The van der Waals surface area contributed by atoms with E-state index in [0.29, 0.717) is 6.04 Å². The van der Waals surface area contributed by atoms with Gasteiger partial charge in [-0.1, -0.05) is 13.3 Å². The number of rotatable bonds is 8. The first kappa shape index (κ1) is 18.5. The Labute approximate surface area is 142 Å². The second kappa shape index (κ2) is 9.48. The normalized spacial score (nSPS) is 24.7. The van der Waals surface area contributed by atoms with Gasteiger partial charge in [0, 0.05) is 38.8 Å². The number of hydrogen-bond donors (Lipinski definition) is 2.